The highest BCUT2D eigenvalue weighted by Gasteiger charge is 2.32. The van der Waals surface area contributed by atoms with Crippen LogP contribution in [-0.2, 0) is 17.5 Å². The van der Waals surface area contributed by atoms with Gasteiger partial charge in [-0.25, -0.2) is 0 Å². The zero-order valence-corrected chi connectivity index (χ0v) is 12.8. The first-order valence-electron chi connectivity index (χ1n) is 6.03. The van der Waals surface area contributed by atoms with Gasteiger partial charge in [-0.1, -0.05) is 4.40 Å². The summed E-state index contributed by atoms with van der Waals surface area (Å²) in [4.78, 5) is 0. The average molecular weight is 343 g/mol. The largest absolute Gasteiger partial charge is 0.591 e. The van der Waals surface area contributed by atoms with E-state index in [1.54, 1.807) is 20.8 Å². The molecule has 0 saturated carbocycles. The van der Waals surface area contributed by atoms with Gasteiger partial charge in [-0.05, 0) is 39.0 Å². The highest BCUT2D eigenvalue weighted by molar-refractivity contribution is 7.91. The van der Waals surface area contributed by atoms with Crippen LogP contribution in [0.25, 0.3) is 0 Å². The Morgan fingerprint density at radius 3 is 2.23 bits per heavy atom. The van der Waals surface area contributed by atoms with Gasteiger partial charge in [0.05, 0.1) is 11.8 Å². The summed E-state index contributed by atoms with van der Waals surface area (Å²) in [7, 11) is 0. The summed E-state index contributed by atoms with van der Waals surface area (Å²) >= 11 is -1.68. The smallest absolute Gasteiger partial charge is 0.416 e. The van der Waals surface area contributed by atoms with Crippen LogP contribution in [0, 0.1) is 0 Å². The molecule has 1 aromatic rings. The first-order valence-corrected chi connectivity index (χ1v) is 7.13. The van der Waals surface area contributed by atoms with E-state index >= 15 is 0 Å². The molecule has 0 amide bonds. The van der Waals surface area contributed by atoms with E-state index in [0.29, 0.717) is 12.1 Å². The van der Waals surface area contributed by atoms with Gasteiger partial charge < -0.3 is 9.29 Å². The third kappa shape index (κ3) is 5.80. The number of rotatable bonds is 4. The molecule has 0 bridgehead atoms. The number of benzene rings is 1. The molecule has 3 nitrogen and oxygen atoms in total. The van der Waals surface area contributed by atoms with Crippen LogP contribution in [-0.4, -0.2) is 22.1 Å². The van der Waals surface area contributed by atoms with Gasteiger partial charge in [0.25, 0.3) is 0 Å². The number of nitrogens with zero attached hydrogens (tertiary/aromatic N) is 1. The molecular weight excluding hydrogens is 329 g/mol. The van der Waals surface area contributed by atoms with E-state index in [2.05, 4.69) is 9.13 Å². The van der Waals surface area contributed by atoms with E-state index in [0.717, 1.165) is 12.3 Å². The molecule has 1 aromatic carbocycles. The minimum Gasteiger partial charge on any atom is -0.591 e. The third-order valence-electron chi connectivity index (χ3n) is 2.30. The van der Waals surface area contributed by atoms with Crippen LogP contribution >= 0.6 is 0 Å². The first-order chi connectivity index (χ1) is 9.89. The van der Waals surface area contributed by atoms with Crippen molar-refractivity contribution in [3.05, 3.63) is 29.3 Å². The van der Waals surface area contributed by atoms with E-state index in [-0.39, 0.29) is 5.56 Å². The van der Waals surface area contributed by atoms with Crippen LogP contribution in [0.4, 0.5) is 22.0 Å². The lowest BCUT2D eigenvalue weighted by Gasteiger charge is -2.17. The Morgan fingerprint density at radius 2 is 1.77 bits per heavy atom. The molecule has 0 heterocycles. The zero-order chi connectivity index (χ0) is 17.1. The molecule has 22 heavy (non-hydrogen) atoms. The lowest BCUT2D eigenvalue weighted by atomic mass is 10.1. The Morgan fingerprint density at radius 1 is 1.18 bits per heavy atom. The summed E-state index contributed by atoms with van der Waals surface area (Å²) in [6.45, 7) is 1.66. The maximum Gasteiger partial charge on any atom is 0.416 e. The summed E-state index contributed by atoms with van der Waals surface area (Å²) in [5.41, 5.74) is -1.29. The predicted molar refractivity (Wildman–Crippen MR) is 73.6 cm³/mol. The van der Waals surface area contributed by atoms with Gasteiger partial charge in [0.2, 0.25) is 0 Å². The Kier molecular flexibility index (Phi) is 5.80. The monoisotopic (exact) mass is 343 g/mol. The van der Waals surface area contributed by atoms with E-state index < -0.39 is 40.2 Å². The Balaban J connectivity index is 3.15. The fourth-order valence-electron chi connectivity index (χ4n) is 1.30. The summed E-state index contributed by atoms with van der Waals surface area (Å²) in [6, 6.07) is 2.14. The van der Waals surface area contributed by atoms with Crippen molar-refractivity contribution in [2.75, 3.05) is 0 Å². The molecule has 9 heteroatoms. The molecule has 0 unspecified atom stereocenters. The second-order valence-corrected chi connectivity index (χ2v) is 7.20. The number of hydrogen-bond acceptors (Lipinski definition) is 3. The molecule has 1 atom stereocenters. The van der Waals surface area contributed by atoms with Crippen LogP contribution < -0.4 is 4.74 Å². The quantitative estimate of drug-likeness (QED) is 0.467. The van der Waals surface area contributed by atoms with E-state index in [1.807, 2.05) is 0 Å². The van der Waals surface area contributed by atoms with Gasteiger partial charge in [0.1, 0.15) is 21.9 Å². The minimum absolute atomic E-state index is 0.136. The molecule has 0 radical (unpaired) electrons. The van der Waals surface area contributed by atoms with Crippen molar-refractivity contribution in [3.8, 4) is 5.75 Å². The summed E-state index contributed by atoms with van der Waals surface area (Å²) in [5, 5.41) is 0. The Labute approximate surface area is 127 Å². The summed E-state index contributed by atoms with van der Waals surface area (Å²) in [5.74, 6) is -0.646. The second kappa shape index (κ2) is 6.82. The van der Waals surface area contributed by atoms with Crippen molar-refractivity contribution < 1.29 is 31.2 Å². The normalized spacial score (nSPS) is 14.6. The Hall–Kier alpha value is -1.35. The topological polar surface area (TPSA) is 44.7 Å². The second-order valence-electron chi connectivity index (χ2n) is 5.26. The molecule has 0 fully saturated rings. The van der Waals surface area contributed by atoms with Crippen molar-refractivity contribution in [3.63, 3.8) is 0 Å². The van der Waals surface area contributed by atoms with Crippen molar-refractivity contribution >= 4 is 17.6 Å². The molecule has 0 N–H and O–H groups in total. The molecule has 1 rings (SSSR count). The standard InChI is InChI=1S/C13H14F5NO2S/c1-12(2,3)22(20)19-7-8-4-9(13(16,17)18)6-10(5-8)21-11(14)15/h4-7,11H,1-3H3/b19-7+/t22-/m1/s1. The van der Waals surface area contributed by atoms with Crippen LogP contribution in [0.5, 0.6) is 5.75 Å². The van der Waals surface area contributed by atoms with Crippen molar-refractivity contribution in [1.82, 2.24) is 0 Å². The Bertz CT molecular complexity index is 540. The van der Waals surface area contributed by atoms with Gasteiger partial charge in [0, 0.05) is 5.56 Å². The van der Waals surface area contributed by atoms with Gasteiger partial charge in [0.15, 0.2) is 0 Å². The van der Waals surface area contributed by atoms with Crippen molar-refractivity contribution in [1.29, 1.82) is 0 Å². The molecule has 0 spiro atoms. The van der Waals surface area contributed by atoms with Crippen LogP contribution in [0.2, 0.25) is 0 Å². The number of ether oxygens (including phenoxy) is 1. The molecule has 0 aromatic heterocycles. The number of hydrogen-bond donors (Lipinski definition) is 0. The SMILES string of the molecule is CC(C)(C)[S@@+]([O-])/N=C/c1cc(OC(F)F)cc(C(F)(F)F)c1. The fraction of sp³-hybridized carbons (Fsp3) is 0.462. The van der Waals surface area contributed by atoms with Gasteiger partial charge in [-0.2, -0.15) is 22.0 Å². The van der Waals surface area contributed by atoms with Crippen molar-refractivity contribution in [2.45, 2.75) is 38.3 Å². The first kappa shape index (κ1) is 18.7. The summed E-state index contributed by atoms with van der Waals surface area (Å²) in [6.07, 6.45) is -3.79. The lowest BCUT2D eigenvalue weighted by Crippen LogP contribution is -2.25. The van der Waals surface area contributed by atoms with Crippen molar-refractivity contribution in [2.24, 2.45) is 4.40 Å². The highest BCUT2D eigenvalue weighted by Crippen LogP contribution is 2.33. The molecule has 0 aliphatic rings. The molecule has 0 aliphatic carbocycles. The average Bonchev–Trinajstić information content (AvgIpc) is 2.32. The molecule has 124 valence electrons. The number of alkyl halides is 5. The highest BCUT2D eigenvalue weighted by atomic mass is 32.2. The molecule has 0 aliphatic heterocycles. The number of halogens is 5. The van der Waals surface area contributed by atoms with E-state index in [9.17, 15) is 26.5 Å². The molecular formula is C13H14F5NO2S. The van der Waals surface area contributed by atoms with Crippen LogP contribution in [0.3, 0.4) is 0 Å². The maximum absolute atomic E-state index is 12.7. The molecule has 0 saturated heterocycles. The summed E-state index contributed by atoms with van der Waals surface area (Å²) < 4.78 is 81.2. The minimum atomic E-state index is -4.73. The predicted octanol–water partition coefficient (Wildman–Crippen LogP) is 4.19. The van der Waals surface area contributed by atoms with Crippen LogP contribution in [0.1, 0.15) is 31.9 Å². The maximum atomic E-state index is 12.7. The third-order valence-corrected chi connectivity index (χ3v) is 3.65. The fourth-order valence-corrected chi connectivity index (χ4v) is 1.83. The lowest BCUT2D eigenvalue weighted by molar-refractivity contribution is -0.138. The van der Waals surface area contributed by atoms with Crippen LogP contribution in [0.15, 0.2) is 22.6 Å². The van der Waals surface area contributed by atoms with Gasteiger partial charge in [-0.3, -0.25) is 0 Å². The van der Waals surface area contributed by atoms with Gasteiger partial charge >= 0.3 is 12.8 Å². The van der Waals surface area contributed by atoms with E-state index in [4.69, 9.17) is 0 Å². The zero-order valence-electron chi connectivity index (χ0n) is 11.9. The van der Waals surface area contributed by atoms with E-state index in [1.165, 1.54) is 0 Å². The van der Waals surface area contributed by atoms with Gasteiger partial charge in [-0.15, -0.1) is 0 Å².